The number of anilines is 2. The number of halogens is 4. The van der Waals surface area contributed by atoms with Crippen LogP contribution in [0.25, 0.3) is 23.3 Å². The zero-order valence-electron chi connectivity index (χ0n) is 21.4. The Kier molecular flexibility index (Phi) is 6.63. The summed E-state index contributed by atoms with van der Waals surface area (Å²) in [6, 6.07) is 24.0. The Morgan fingerprint density at radius 2 is 1.12 bits per heavy atom. The van der Waals surface area contributed by atoms with Crippen LogP contribution >= 0.6 is 43.6 Å². The summed E-state index contributed by atoms with van der Waals surface area (Å²) in [7, 11) is 4.54. The second kappa shape index (κ2) is 9.62. The molecule has 0 N–H and O–H groups in total. The largest absolute Gasteiger partial charge is 1.00 e. The van der Waals surface area contributed by atoms with Crippen LogP contribution in [0.15, 0.2) is 79.4 Å². The van der Waals surface area contributed by atoms with Crippen LogP contribution in [0.3, 0.4) is 0 Å². The summed E-state index contributed by atoms with van der Waals surface area (Å²) in [6.45, 7) is 0. The predicted octanol–water partition coefficient (Wildman–Crippen LogP) is -2.66. The summed E-state index contributed by atoms with van der Waals surface area (Å²) in [5.74, 6) is 0. The molecule has 196 valence electrons. The van der Waals surface area contributed by atoms with Crippen LogP contribution in [0.5, 0.6) is 0 Å². The van der Waals surface area contributed by atoms with Crippen molar-refractivity contribution < 1.29 is 48.0 Å². The van der Waals surface area contributed by atoms with Crippen LogP contribution in [0.4, 0.5) is 11.4 Å². The van der Waals surface area contributed by atoms with Gasteiger partial charge in [0.25, 0.3) is 0 Å². The number of hydrogen-bond donors (Lipinski definition) is 0. The van der Waals surface area contributed by atoms with Crippen molar-refractivity contribution in [2.75, 3.05) is 23.9 Å². The summed E-state index contributed by atoms with van der Waals surface area (Å²) in [6.07, 6.45) is 4.95. The number of benzene rings is 4. The fourth-order valence-corrected chi connectivity index (χ4v) is 13.2. The van der Waals surface area contributed by atoms with Gasteiger partial charge in [0.1, 0.15) is 0 Å². The molecule has 0 saturated heterocycles. The fourth-order valence-electron chi connectivity index (χ4n) is 7.17. The maximum atomic E-state index is 3.86. The van der Waals surface area contributed by atoms with Gasteiger partial charge in [-0.05, 0) is 0 Å². The Bertz CT molecular complexity index is 1930. The summed E-state index contributed by atoms with van der Waals surface area (Å²) in [4.78, 5) is 7.67. The van der Waals surface area contributed by atoms with Crippen molar-refractivity contribution in [1.82, 2.24) is 0 Å². The van der Waals surface area contributed by atoms with Crippen molar-refractivity contribution in [2.24, 2.45) is 0 Å². The molecule has 0 aromatic heterocycles. The van der Waals surface area contributed by atoms with Crippen molar-refractivity contribution in [3.8, 4) is 0 Å². The molecular weight excluding hydrogens is 766 g/mol. The van der Waals surface area contributed by atoms with Gasteiger partial charge < -0.3 is 24.8 Å². The predicted molar refractivity (Wildman–Crippen MR) is 161 cm³/mol. The molecule has 8 heteroatoms. The minimum absolute atomic E-state index is 0. The Balaban J connectivity index is 0.00000132. The normalized spacial score (nSPS) is 19.2. The quantitative estimate of drug-likeness (QED) is 0.193. The van der Waals surface area contributed by atoms with Crippen molar-refractivity contribution in [3.63, 3.8) is 0 Å². The Labute approximate surface area is 277 Å². The molecule has 0 saturated carbocycles. The van der Waals surface area contributed by atoms with E-state index in [0.717, 1.165) is 8.95 Å². The van der Waals surface area contributed by atoms with E-state index in [2.05, 4.69) is 129 Å². The van der Waals surface area contributed by atoms with Crippen LogP contribution in [0.2, 0.25) is 0 Å². The van der Waals surface area contributed by atoms with Crippen molar-refractivity contribution >= 4 is 84.8 Å². The summed E-state index contributed by atoms with van der Waals surface area (Å²) in [5.41, 5.74) is 8.80. The van der Waals surface area contributed by atoms with Crippen LogP contribution in [-0.4, -0.2) is 26.2 Å². The Morgan fingerprint density at radius 3 is 1.57 bits per heavy atom. The topological polar surface area (TPSA) is 6.48 Å². The zero-order valence-corrected chi connectivity index (χ0v) is 29.4. The molecule has 4 aromatic carbocycles. The first-order valence-electron chi connectivity index (χ1n) is 12.8. The van der Waals surface area contributed by atoms with E-state index in [9.17, 15) is 0 Å². The van der Waals surface area contributed by atoms with E-state index in [1.165, 1.54) is 64.3 Å². The van der Waals surface area contributed by atoms with Gasteiger partial charge >= 0.3 is 255 Å². The number of hydrogen-bond acceptors (Lipinski definition) is 3. The van der Waals surface area contributed by atoms with E-state index < -0.39 is 23.2 Å². The van der Waals surface area contributed by atoms with Gasteiger partial charge in [0, 0.05) is 0 Å². The molecule has 4 aromatic rings. The molecule has 40 heavy (non-hydrogen) atoms. The average Bonchev–Trinajstić information content (AvgIpc) is 3.59. The van der Waals surface area contributed by atoms with Crippen LogP contribution in [0, 0.1) is 0 Å². The molecule has 3 aliphatic heterocycles. The van der Waals surface area contributed by atoms with Gasteiger partial charge in [-0.15, -0.1) is 0 Å². The SMILES string of the molecule is CN1c2ccc[c]3c2C2=c4c(cc(Br)cc4=CC21)Sc1cc(Br)cc2c1=C1c4[c](cccc4N(C)C1C=2)[Zr+2]3.[Cl-].[Cl-]. The van der Waals surface area contributed by atoms with Gasteiger partial charge in [-0.1, -0.05) is 0 Å². The smallest absolute Gasteiger partial charge is 1.00 e. The molecule has 0 fully saturated rings. The van der Waals surface area contributed by atoms with E-state index in [1.807, 2.05) is 11.8 Å². The molecule has 2 aliphatic carbocycles. The molecule has 3 heterocycles. The maximum Gasteiger partial charge on any atom is -1.00 e. The van der Waals surface area contributed by atoms with Crippen LogP contribution in [-0.2, 0) is 23.2 Å². The van der Waals surface area contributed by atoms with Gasteiger partial charge in [-0.2, -0.15) is 0 Å². The summed E-state index contributed by atoms with van der Waals surface area (Å²) >= 11 is 8.52. The van der Waals surface area contributed by atoms with Gasteiger partial charge in [0.15, 0.2) is 0 Å². The third-order valence-electron chi connectivity index (χ3n) is 8.71. The molecule has 9 rings (SSSR count). The van der Waals surface area contributed by atoms with E-state index in [0.29, 0.717) is 0 Å². The first-order valence-corrected chi connectivity index (χ1v) is 17.6. The monoisotopic (exact) mass is 782 g/mol. The van der Waals surface area contributed by atoms with E-state index in [1.54, 1.807) is 6.54 Å². The third-order valence-corrected chi connectivity index (χ3v) is 14.1. The number of rotatable bonds is 0. The van der Waals surface area contributed by atoms with Gasteiger partial charge in [-0.25, -0.2) is 0 Å². The van der Waals surface area contributed by atoms with Gasteiger partial charge in [0.05, 0.1) is 0 Å². The van der Waals surface area contributed by atoms with Gasteiger partial charge in [-0.3, -0.25) is 0 Å². The molecule has 2 atom stereocenters. The summed E-state index contributed by atoms with van der Waals surface area (Å²) in [5, 5.41) is 5.55. The number of nitrogens with zero attached hydrogens (tertiary/aromatic N) is 2. The molecule has 0 spiro atoms. The molecule has 2 nitrogen and oxygen atoms in total. The second-order valence-corrected chi connectivity index (χ2v) is 16.8. The van der Waals surface area contributed by atoms with Gasteiger partial charge in [0.2, 0.25) is 0 Å². The first kappa shape index (κ1) is 27.6. The Morgan fingerprint density at radius 1 is 0.675 bits per heavy atom. The zero-order chi connectivity index (χ0) is 25.4. The second-order valence-electron chi connectivity index (χ2n) is 10.6. The fraction of sp³-hybridized carbons (Fsp3) is 0.125. The minimum Gasteiger partial charge on any atom is -1.00 e. The van der Waals surface area contributed by atoms with Crippen LogP contribution in [0.1, 0.15) is 11.1 Å². The summed E-state index contributed by atoms with van der Waals surface area (Å²) < 4.78 is 5.48. The maximum absolute atomic E-state index is 3.86. The van der Waals surface area contributed by atoms with E-state index in [4.69, 9.17) is 0 Å². The molecule has 0 bridgehead atoms. The molecule has 5 aliphatic rings. The van der Waals surface area contributed by atoms with Crippen molar-refractivity contribution in [3.05, 3.63) is 102 Å². The first-order chi connectivity index (χ1) is 18.5. The molecule has 0 radical (unpaired) electrons. The Hall–Kier alpha value is -1.27. The van der Waals surface area contributed by atoms with Crippen molar-refractivity contribution in [2.45, 2.75) is 21.9 Å². The van der Waals surface area contributed by atoms with E-state index >= 15 is 0 Å². The molecular formula is C32H20Br2Cl2N2SZr. The number of likely N-dealkylation sites (N-methyl/N-ethyl adjacent to an activating group) is 2. The average molecular weight is 787 g/mol. The molecule has 2 unspecified atom stereocenters. The van der Waals surface area contributed by atoms with E-state index in [-0.39, 0.29) is 36.9 Å². The minimum atomic E-state index is -1.13. The van der Waals surface area contributed by atoms with Crippen LogP contribution < -0.4 is 62.0 Å². The molecule has 0 amide bonds. The van der Waals surface area contributed by atoms with Crippen molar-refractivity contribution in [1.29, 1.82) is 0 Å². The third kappa shape index (κ3) is 3.56. The standard InChI is InChI=1S/C32H20Br2N2S.2ClH.Zr/c1-35-23-9-5-3-7-21(23)31-25(35)13-17-11-19(33)15-27(29(17)31)37-28-16-20(34)12-18-14-26-32(30(18)28)22-8-4-6-10-24(22)36(26)2;;;/h3-6,9-16,25-26H,1-2H3;2*1H;/q;;;+2/p-2.